The van der Waals surface area contributed by atoms with Gasteiger partial charge in [0.1, 0.15) is 0 Å². The Morgan fingerprint density at radius 3 is 2.72 bits per heavy atom. The summed E-state index contributed by atoms with van der Waals surface area (Å²) in [5, 5.41) is 3.41. The van der Waals surface area contributed by atoms with Crippen LogP contribution in [0, 0.1) is 5.92 Å². The molecule has 1 N–H and O–H groups in total. The van der Waals surface area contributed by atoms with Crippen molar-refractivity contribution < 1.29 is 4.79 Å². The summed E-state index contributed by atoms with van der Waals surface area (Å²) < 4.78 is 0. The summed E-state index contributed by atoms with van der Waals surface area (Å²) in [5.74, 6) is 0.902. The van der Waals surface area contributed by atoms with Crippen LogP contribution in [0.1, 0.15) is 19.8 Å². The molecule has 0 unspecified atom stereocenters. The van der Waals surface area contributed by atoms with Gasteiger partial charge >= 0.3 is 0 Å². The number of nitrogens with one attached hydrogen (secondary N) is 1. The van der Waals surface area contributed by atoms with Crippen LogP contribution < -0.4 is 5.32 Å². The summed E-state index contributed by atoms with van der Waals surface area (Å²) in [6.45, 7) is 12.0. The Kier molecular flexibility index (Phi) is 4.78. The molecule has 2 fully saturated rings. The SMILES string of the molecule is C=CC(=O)N1CCN(CC2CCNCC2)[C@H](C)C1. The summed E-state index contributed by atoms with van der Waals surface area (Å²) in [6.07, 6.45) is 4.01. The fraction of sp³-hybridized carbons (Fsp3) is 0.786. The number of piperidine rings is 1. The Hall–Kier alpha value is -0.870. The molecule has 0 spiro atoms. The largest absolute Gasteiger partial charge is 0.336 e. The number of hydrogen-bond acceptors (Lipinski definition) is 3. The van der Waals surface area contributed by atoms with Gasteiger partial charge in [0.2, 0.25) is 5.91 Å². The summed E-state index contributed by atoms with van der Waals surface area (Å²) >= 11 is 0. The zero-order chi connectivity index (χ0) is 13.0. The topological polar surface area (TPSA) is 35.6 Å². The van der Waals surface area contributed by atoms with Crippen molar-refractivity contribution >= 4 is 5.91 Å². The van der Waals surface area contributed by atoms with Crippen molar-refractivity contribution in [1.29, 1.82) is 0 Å². The van der Waals surface area contributed by atoms with E-state index in [-0.39, 0.29) is 5.91 Å². The third-order valence-electron chi connectivity index (χ3n) is 4.20. The van der Waals surface area contributed by atoms with Gasteiger partial charge in [-0.05, 0) is 44.8 Å². The summed E-state index contributed by atoms with van der Waals surface area (Å²) in [4.78, 5) is 16.0. The molecule has 2 aliphatic rings. The monoisotopic (exact) mass is 251 g/mol. The first-order chi connectivity index (χ1) is 8.70. The predicted molar refractivity (Wildman–Crippen MR) is 73.4 cm³/mol. The molecule has 4 heteroatoms. The van der Waals surface area contributed by atoms with Gasteiger partial charge in [0, 0.05) is 32.2 Å². The molecule has 0 aromatic carbocycles. The first-order valence-electron chi connectivity index (χ1n) is 7.07. The Labute approximate surface area is 110 Å². The maximum atomic E-state index is 11.6. The van der Waals surface area contributed by atoms with Crippen molar-refractivity contribution in [3.63, 3.8) is 0 Å². The first kappa shape index (κ1) is 13.6. The van der Waals surface area contributed by atoms with E-state index in [4.69, 9.17) is 0 Å². The summed E-state index contributed by atoms with van der Waals surface area (Å²) in [7, 11) is 0. The normalized spacial score (nSPS) is 27.2. The summed E-state index contributed by atoms with van der Waals surface area (Å²) in [6, 6.07) is 0.470. The number of carbonyl (C=O) groups is 1. The molecule has 18 heavy (non-hydrogen) atoms. The smallest absolute Gasteiger partial charge is 0.246 e. The lowest BCUT2D eigenvalue weighted by Gasteiger charge is -2.41. The number of amides is 1. The van der Waals surface area contributed by atoms with E-state index in [0.29, 0.717) is 6.04 Å². The molecule has 4 nitrogen and oxygen atoms in total. The van der Waals surface area contributed by atoms with Crippen molar-refractivity contribution in [1.82, 2.24) is 15.1 Å². The molecule has 0 radical (unpaired) electrons. The standard InChI is InChI=1S/C14H25N3O/c1-3-14(18)17-9-8-16(12(2)10-17)11-13-4-6-15-7-5-13/h3,12-13,15H,1,4-11H2,2H3/t12-/m1/s1. The van der Waals surface area contributed by atoms with Crippen molar-refractivity contribution in [2.75, 3.05) is 39.3 Å². The lowest BCUT2D eigenvalue weighted by atomic mass is 9.96. The highest BCUT2D eigenvalue weighted by atomic mass is 16.2. The van der Waals surface area contributed by atoms with Crippen LogP contribution in [-0.4, -0.2) is 61.0 Å². The average Bonchev–Trinajstić information content (AvgIpc) is 2.41. The number of nitrogens with zero attached hydrogens (tertiary/aromatic N) is 2. The minimum Gasteiger partial charge on any atom is -0.336 e. The van der Waals surface area contributed by atoms with Crippen LogP contribution in [0.2, 0.25) is 0 Å². The maximum absolute atomic E-state index is 11.6. The van der Waals surface area contributed by atoms with E-state index in [9.17, 15) is 4.79 Å². The van der Waals surface area contributed by atoms with E-state index >= 15 is 0 Å². The van der Waals surface area contributed by atoms with Gasteiger partial charge in [-0.25, -0.2) is 0 Å². The van der Waals surface area contributed by atoms with Crippen LogP contribution in [-0.2, 0) is 4.79 Å². The maximum Gasteiger partial charge on any atom is 0.246 e. The van der Waals surface area contributed by atoms with Crippen molar-refractivity contribution in [2.24, 2.45) is 5.92 Å². The van der Waals surface area contributed by atoms with E-state index in [1.165, 1.54) is 25.5 Å². The Bertz CT molecular complexity index is 299. The molecule has 1 atom stereocenters. The zero-order valence-corrected chi connectivity index (χ0v) is 11.4. The lowest BCUT2D eigenvalue weighted by Crippen LogP contribution is -2.54. The highest BCUT2D eigenvalue weighted by Crippen LogP contribution is 2.17. The molecule has 102 valence electrons. The Morgan fingerprint density at radius 1 is 1.39 bits per heavy atom. The second kappa shape index (κ2) is 6.34. The highest BCUT2D eigenvalue weighted by Gasteiger charge is 2.27. The van der Waals surface area contributed by atoms with E-state index in [1.54, 1.807) is 0 Å². The van der Waals surface area contributed by atoms with Gasteiger partial charge in [-0.3, -0.25) is 9.69 Å². The van der Waals surface area contributed by atoms with Crippen LogP contribution >= 0.6 is 0 Å². The van der Waals surface area contributed by atoms with E-state index < -0.39 is 0 Å². The third-order valence-corrected chi connectivity index (χ3v) is 4.20. The fourth-order valence-electron chi connectivity index (χ4n) is 2.99. The molecule has 1 amide bonds. The Balaban J connectivity index is 1.81. The van der Waals surface area contributed by atoms with Gasteiger partial charge in [0.05, 0.1) is 0 Å². The summed E-state index contributed by atoms with van der Waals surface area (Å²) in [5.41, 5.74) is 0. The van der Waals surface area contributed by atoms with Crippen LogP contribution in [0.3, 0.4) is 0 Å². The van der Waals surface area contributed by atoms with Gasteiger partial charge in [0.15, 0.2) is 0 Å². The highest BCUT2D eigenvalue weighted by molar-refractivity contribution is 5.87. The number of piperazine rings is 1. The molecule has 0 aromatic rings. The number of rotatable bonds is 3. The number of hydrogen-bond donors (Lipinski definition) is 1. The Morgan fingerprint density at radius 2 is 2.11 bits per heavy atom. The van der Waals surface area contributed by atoms with E-state index in [1.807, 2.05) is 4.90 Å². The molecular formula is C14H25N3O. The molecular weight excluding hydrogens is 226 g/mol. The molecule has 0 bridgehead atoms. The molecule has 2 heterocycles. The molecule has 0 aliphatic carbocycles. The molecule has 0 aromatic heterocycles. The van der Waals surface area contributed by atoms with Gasteiger partial charge in [-0.2, -0.15) is 0 Å². The van der Waals surface area contributed by atoms with Crippen LogP contribution in [0.5, 0.6) is 0 Å². The zero-order valence-electron chi connectivity index (χ0n) is 11.4. The molecule has 2 saturated heterocycles. The second-order valence-electron chi connectivity index (χ2n) is 5.53. The quantitative estimate of drug-likeness (QED) is 0.750. The van der Waals surface area contributed by atoms with Gasteiger partial charge < -0.3 is 10.2 Å². The van der Waals surface area contributed by atoms with Gasteiger partial charge in [-0.1, -0.05) is 6.58 Å². The average molecular weight is 251 g/mol. The predicted octanol–water partition coefficient (Wildman–Crippen LogP) is 0.705. The van der Waals surface area contributed by atoms with Crippen molar-refractivity contribution in [2.45, 2.75) is 25.8 Å². The van der Waals surface area contributed by atoms with E-state index in [0.717, 1.165) is 38.6 Å². The third kappa shape index (κ3) is 3.33. The van der Waals surface area contributed by atoms with Gasteiger partial charge in [0.25, 0.3) is 0 Å². The van der Waals surface area contributed by atoms with Crippen LogP contribution in [0.4, 0.5) is 0 Å². The number of carbonyl (C=O) groups excluding carboxylic acids is 1. The van der Waals surface area contributed by atoms with E-state index in [2.05, 4.69) is 23.7 Å². The van der Waals surface area contributed by atoms with Gasteiger partial charge in [-0.15, -0.1) is 0 Å². The molecule has 2 rings (SSSR count). The fourth-order valence-corrected chi connectivity index (χ4v) is 2.99. The minimum absolute atomic E-state index is 0.0726. The second-order valence-corrected chi connectivity index (χ2v) is 5.53. The van der Waals surface area contributed by atoms with Crippen LogP contribution in [0.25, 0.3) is 0 Å². The molecule has 2 aliphatic heterocycles. The van der Waals surface area contributed by atoms with Crippen LogP contribution in [0.15, 0.2) is 12.7 Å². The minimum atomic E-state index is 0.0726. The van der Waals surface area contributed by atoms with Crippen molar-refractivity contribution in [3.05, 3.63) is 12.7 Å². The van der Waals surface area contributed by atoms with Crippen molar-refractivity contribution in [3.8, 4) is 0 Å². The lowest BCUT2D eigenvalue weighted by molar-refractivity contribution is -0.128. The first-order valence-corrected chi connectivity index (χ1v) is 7.07. The molecule has 0 saturated carbocycles.